The molecule has 1 atom stereocenters. The van der Waals surface area contributed by atoms with Gasteiger partial charge in [-0.3, -0.25) is 14.5 Å². The predicted octanol–water partition coefficient (Wildman–Crippen LogP) is 5.71. The third-order valence-corrected chi connectivity index (χ3v) is 7.29. The van der Waals surface area contributed by atoms with Gasteiger partial charge in [-0.15, -0.1) is 0 Å². The maximum Gasteiger partial charge on any atom is 0.350 e. The number of benzene rings is 2. The summed E-state index contributed by atoms with van der Waals surface area (Å²) in [4.78, 5) is 45.3. The summed E-state index contributed by atoms with van der Waals surface area (Å²) in [7, 11) is 0. The van der Waals surface area contributed by atoms with E-state index in [4.69, 9.17) is 25.8 Å². The average molecular weight is 571 g/mol. The zero-order valence-corrected chi connectivity index (χ0v) is 23.4. The van der Waals surface area contributed by atoms with E-state index in [1.54, 1.807) is 56.3 Å². The van der Waals surface area contributed by atoms with Gasteiger partial charge in [0.25, 0.3) is 5.78 Å². The minimum atomic E-state index is -1.07. The number of aryl methyl sites for hydroxylation is 1. The van der Waals surface area contributed by atoms with Crippen molar-refractivity contribution in [1.29, 1.82) is 0 Å². The molecule has 2 aromatic carbocycles. The van der Waals surface area contributed by atoms with Gasteiger partial charge in [-0.25, -0.2) is 9.78 Å². The summed E-state index contributed by atoms with van der Waals surface area (Å²) < 4.78 is 16.6. The van der Waals surface area contributed by atoms with Crippen molar-refractivity contribution in [3.63, 3.8) is 0 Å². The number of carbonyl (C=O) groups excluding carboxylic acids is 3. The summed E-state index contributed by atoms with van der Waals surface area (Å²) in [5, 5.41) is 11.9. The molecular weight excluding hydrogens is 544 g/mol. The van der Waals surface area contributed by atoms with Crippen LogP contribution in [-0.4, -0.2) is 47.6 Å². The number of halogens is 1. The van der Waals surface area contributed by atoms with E-state index in [1.807, 2.05) is 13.8 Å². The van der Waals surface area contributed by atoms with E-state index < -0.39 is 23.7 Å². The van der Waals surface area contributed by atoms with Crippen LogP contribution in [0.25, 0.3) is 5.76 Å². The van der Waals surface area contributed by atoms with Crippen molar-refractivity contribution in [3.8, 4) is 11.5 Å². The lowest BCUT2D eigenvalue weighted by Gasteiger charge is -2.24. The molecule has 1 aliphatic rings. The van der Waals surface area contributed by atoms with Gasteiger partial charge < -0.3 is 19.3 Å². The fourth-order valence-corrected chi connectivity index (χ4v) is 5.33. The number of rotatable bonds is 9. The van der Waals surface area contributed by atoms with Crippen LogP contribution in [0.2, 0.25) is 5.02 Å². The Balaban J connectivity index is 1.94. The van der Waals surface area contributed by atoms with Gasteiger partial charge in [0.05, 0.1) is 37.1 Å². The van der Waals surface area contributed by atoms with Crippen LogP contribution in [0.1, 0.15) is 53.3 Å². The van der Waals surface area contributed by atoms with Gasteiger partial charge in [0.15, 0.2) is 16.6 Å². The van der Waals surface area contributed by atoms with Gasteiger partial charge in [0.1, 0.15) is 10.6 Å². The molecule has 0 radical (unpaired) electrons. The third-order valence-electron chi connectivity index (χ3n) is 5.90. The van der Waals surface area contributed by atoms with Crippen molar-refractivity contribution in [2.75, 3.05) is 24.7 Å². The van der Waals surface area contributed by atoms with Crippen LogP contribution in [-0.2, 0) is 14.3 Å². The molecule has 0 spiro atoms. The molecule has 1 unspecified atom stereocenters. The molecule has 11 heteroatoms. The zero-order valence-electron chi connectivity index (χ0n) is 21.8. The number of Topliss-reactive ketones (excluding diaryl/α,β-unsaturated/α-hetero) is 1. The molecule has 4 rings (SSSR count). The molecule has 9 nitrogen and oxygen atoms in total. The van der Waals surface area contributed by atoms with Crippen molar-refractivity contribution in [2.24, 2.45) is 0 Å². The van der Waals surface area contributed by atoms with Crippen molar-refractivity contribution >= 4 is 51.5 Å². The van der Waals surface area contributed by atoms with Crippen molar-refractivity contribution in [1.82, 2.24) is 4.98 Å². The molecule has 1 saturated heterocycles. The summed E-state index contributed by atoms with van der Waals surface area (Å²) in [6, 6.07) is 10.2. The smallest absolute Gasteiger partial charge is 0.350 e. The minimum absolute atomic E-state index is 0.115. The number of carbonyl (C=O) groups is 3. The Morgan fingerprint density at radius 2 is 1.69 bits per heavy atom. The highest BCUT2D eigenvalue weighted by Gasteiger charge is 2.48. The number of hydrogen-bond acceptors (Lipinski definition) is 9. The van der Waals surface area contributed by atoms with Crippen LogP contribution in [0.5, 0.6) is 11.5 Å². The number of aromatic nitrogens is 1. The van der Waals surface area contributed by atoms with E-state index in [0.717, 1.165) is 11.3 Å². The topological polar surface area (TPSA) is 115 Å². The van der Waals surface area contributed by atoms with Crippen molar-refractivity contribution < 1.29 is 33.7 Å². The number of hydrogen-bond donors (Lipinski definition) is 1. The molecule has 2 heterocycles. The second-order valence-corrected chi connectivity index (χ2v) is 9.79. The number of ether oxygens (including phenoxy) is 3. The number of esters is 1. The number of aliphatic hydroxyl groups excluding tert-OH is 1. The molecule has 0 saturated carbocycles. The Morgan fingerprint density at radius 3 is 2.33 bits per heavy atom. The zero-order chi connectivity index (χ0) is 28.3. The second-order valence-electron chi connectivity index (χ2n) is 8.38. The highest BCUT2D eigenvalue weighted by molar-refractivity contribution is 7.17. The molecule has 3 aromatic rings. The standard InChI is InChI=1S/C28H27ClN2O7S/c1-5-36-19-13-10-17(14-20(19)37-6-2)22-21(23(32)16-8-11-18(29)12-9-16)24(33)26(34)31(22)28-30-15(4)25(39-28)27(35)38-7-3/h8-14,22,32H,5-7H2,1-4H3/b23-21+. The fourth-order valence-electron chi connectivity index (χ4n) is 4.22. The maximum atomic E-state index is 13.5. The molecule has 1 amide bonds. The van der Waals surface area contributed by atoms with Crippen LogP contribution in [0.15, 0.2) is 48.0 Å². The van der Waals surface area contributed by atoms with Gasteiger partial charge in [-0.05, 0) is 69.7 Å². The van der Waals surface area contributed by atoms with Gasteiger partial charge in [-0.1, -0.05) is 29.0 Å². The van der Waals surface area contributed by atoms with Gasteiger partial charge in [0, 0.05) is 10.6 Å². The first-order chi connectivity index (χ1) is 18.7. The van der Waals surface area contributed by atoms with Crippen LogP contribution in [0.4, 0.5) is 5.13 Å². The predicted molar refractivity (Wildman–Crippen MR) is 148 cm³/mol. The maximum absolute atomic E-state index is 13.5. The van der Waals surface area contributed by atoms with Crippen molar-refractivity contribution in [2.45, 2.75) is 33.7 Å². The summed E-state index contributed by atoms with van der Waals surface area (Å²) >= 11 is 6.95. The molecule has 0 aliphatic carbocycles. The lowest BCUT2D eigenvalue weighted by molar-refractivity contribution is -0.132. The Labute approximate surface area is 234 Å². The highest BCUT2D eigenvalue weighted by Crippen LogP contribution is 2.45. The third kappa shape index (κ3) is 5.48. The Kier molecular flexibility index (Phi) is 8.57. The summed E-state index contributed by atoms with van der Waals surface area (Å²) in [5.74, 6) is -1.84. The monoisotopic (exact) mass is 570 g/mol. The van der Waals surface area contributed by atoms with Gasteiger partial charge in [0.2, 0.25) is 0 Å². The number of aliphatic hydroxyl groups is 1. The first-order valence-corrected chi connectivity index (χ1v) is 13.5. The van der Waals surface area contributed by atoms with E-state index in [9.17, 15) is 19.5 Å². The summed E-state index contributed by atoms with van der Waals surface area (Å²) in [6.45, 7) is 7.90. The van der Waals surface area contributed by atoms with Crippen LogP contribution >= 0.6 is 22.9 Å². The number of amides is 1. The number of thiazole rings is 1. The SMILES string of the molecule is CCOC(=O)c1sc(N2C(=O)C(=O)/C(=C(/O)c3ccc(Cl)cc3)C2c2ccc(OCC)c(OCC)c2)nc1C. The molecule has 204 valence electrons. The first kappa shape index (κ1) is 28.1. The molecule has 0 bridgehead atoms. The van der Waals surface area contributed by atoms with Crippen LogP contribution in [0, 0.1) is 6.92 Å². The molecular formula is C28H27ClN2O7S. The number of anilines is 1. The van der Waals surface area contributed by atoms with Gasteiger partial charge >= 0.3 is 11.9 Å². The lowest BCUT2D eigenvalue weighted by atomic mass is 9.95. The Morgan fingerprint density at radius 1 is 1.03 bits per heavy atom. The summed E-state index contributed by atoms with van der Waals surface area (Å²) in [5.41, 5.74) is 0.996. The number of ketones is 1. The normalized spacial score (nSPS) is 16.4. The largest absolute Gasteiger partial charge is 0.507 e. The Bertz CT molecular complexity index is 1450. The Hall–Kier alpha value is -3.89. The molecule has 39 heavy (non-hydrogen) atoms. The minimum Gasteiger partial charge on any atom is -0.507 e. The van der Waals surface area contributed by atoms with E-state index in [-0.39, 0.29) is 27.9 Å². The van der Waals surface area contributed by atoms with Crippen LogP contribution < -0.4 is 14.4 Å². The molecule has 1 aromatic heterocycles. The van der Waals surface area contributed by atoms with Crippen LogP contribution in [0.3, 0.4) is 0 Å². The summed E-state index contributed by atoms with van der Waals surface area (Å²) in [6.07, 6.45) is 0. The molecule has 1 N–H and O–H groups in total. The van der Waals surface area contributed by atoms with E-state index in [1.165, 1.54) is 4.90 Å². The lowest BCUT2D eigenvalue weighted by Crippen LogP contribution is -2.29. The molecule has 1 fully saturated rings. The van der Waals surface area contributed by atoms with E-state index in [0.29, 0.717) is 46.6 Å². The van der Waals surface area contributed by atoms with Gasteiger partial charge in [-0.2, -0.15) is 0 Å². The second kappa shape index (κ2) is 11.9. The van der Waals surface area contributed by atoms with E-state index in [2.05, 4.69) is 4.98 Å². The van der Waals surface area contributed by atoms with Crippen molar-refractivity contribution in [3.05, 3.63) is 74.8 Å². The number of nitrogens with zero attached hydrogens (tertiary/aromatic N) is 2. The fraction of sp³-hybridized carbons (Fsp3) is 0.286. The first-order valence-electron chi connectivity index (χ1n) is 12.3. The highest BCUT2D eigenvalue weighted by atomic mass is 35.5. The average Bonchev–Trinajstić information content (AvgIpc) is 3.42. The molecule has 1 aliphatic heterocycles. The quantitative estimate of drug-likeness (QED) is 0.151. The van der Waals surface area contributed by atoms with E-state index >= 15 is 0 Å².